The SMILES string of the molecule is CC(C(=O)O)c1cnn(C(C)(C)C)c1C(F)(F)F. The van der Waals surface area contributed by atoms with Crippen molar-refractivity contribution in [1.82, 2.24) is 9.78 Å². The number of aromatic nitrogens is 2. The number of alkyl halides is 3. The molecule has 0 amide bonds. The van der Waals surface area contributed by atoms with Crippen LogP contribution >= 0.6 is 0 Å². The van der Waals surface area contributed by atoms with Gasteiger partial charge in [-0.3, -0.25) is 9.48 Å². The van der Waals surface area contributed by atoms with Crippen LogP contribution in [-0.2, 0) is 16.5 Å². The molecule has 0 bridgehead atoms. The summed E-state index contributed by atoms with van der Waals surface area (Å²) in [5.74, 6) is -2.56. The number of carboxylic acids is 1. The maximum atomic E-state index is 13.0. The average Bonchev–Trinajstić information content (AvgIpc) is 2.58. The first kappa shape index (κ1) is 14.5. The highest BCUT2D eigenvalue weighted by Crippen LogP contribution is 2.37. The molecule has 1 unspecified atom stereocenters. The molecule has 102 valence electrons. The van der Waals surface area contributed by atoms with E-state index < -0.39 is 29.3 Å². The lowest BCUT2D eigenvalue weighted by Gasteiger charge is -2.24. The van der Waals surface area contributed by atoms with Crippen molar-refractivity contribution in [3.63, 3.8) is 0 Å². The smallest absolute Gasteiger partial charge is 0.433 e. The molecule has 0 aromatic carbocycles. The first-order valence-electron chi connectivity index (χ1n) is 5.34. The van der Waals surface area contributed by atoms with Crippen LogP contribution in [0.5, 0.6) is 0 Å². The van der Waals surface area contributed by atoms with Gasteiger partial charge in [0.25, 0.3) is 0 Å². The van der Waals surface area contributed by atoms with Crippen molar-refractivity contribution in [2.24, 2.45) is 0 Å². The molecule has 0 radical (unpaired) electrons. The van der Waals surface area contributed by atoms with E-state index in [4.69, 9.17) is 5.11 Å². The lowest BCUT2D eigenvalue weighted by Crippen LogP contribution is -2.29. The maximum Gasteiger partial charge on any atom is 0.433 e. The van der Waals surface area contributed by atoms with Crippen molar-refractivity contribution in [2.45, 2.75) is 45.3 Å². The van der Waals surface area contributed by atoms with Crippen LogP contribution < -0.4 is 0 Å². The van der Waals surface area contributed by atoms with Crippen LogP contribution in [-0.4, -0.2) is 20.9 Å². The van der Waals surface area contributed by atoms with Gasteiger partial charge in [-0.05, 0) is 27.7 Å². The van der Waals surface area contributed by atoms with Crippen LogP contribution in [0.25, 0.3) is 0 Å². The van der Waals surface area contributed by atoms with Crippen molar-refractivity contribution < 1.29 is 23.1 Å². The first-order chi connectivity index (χ1) is 7.96. The Hall–Kier alpha value is -1.53. The van der Waals surface area contributed by atoms with Gasteiger partial charge in [-0.1, -0.05) is 0 Å². The number of hydrogen-bond acceptors (Lipinski definition) is 2. The van der Waals surface area contributed by atoms with Gasteiger partial charge in [0.2, 0.25) is 0 Å². The second-order valence-corrected chi connectivity index (χ2v) is 5.09. The summed E-state index contributed by atoms with van der Waals surface area (Å²) in [6, 6.07) is 0. The number of carbonyl (C=O) groups is 1. The number of halogens is 3. The van der Waals surface area contributed by atoms with Crippen LogP contribution in [0.2, 0.25) is 0 Å². The predicted octanol–water partition coefficient (Wildman–Crippen LogP) is 2.85. The Kier molecular flexibility index (Phi) is 3.47. The van der Waals surface area contributed by atoms with E-state index in [1.807, 2.05) is 0 Å². The Balaban J connectivity index is 3.48. The number of carboxylic acid groups (broad SMARTS) is 1. The Labute approximate surface area is 102 Å². The summed E-state index contributed by atoms with van der Waals surface area (Å²) in [6.45, 7) is 5.93. The van der Waals surface area contributed by atoms with Crippen LogP contribution in [0.15, 0.2) is 6.20 Å². The molecule has 18 heavy (non-hydrogen) atoms. The highest BCUT2D eigenvalue weighted by molar-refractivity contribution is 5.75. The molecule has 1 aromatic rings. The van der Waals surface area contributed by atoms with Crippen molar-refractivity contribution in [2.75, 3.05) is 0 Å². The second-order valence-electron chi connectivity index (χ2n) is 5.09. The molecule has 7 heteroatoms. The Bertz CT molecular complexity index is 458. The molecule has 1 heterocycles. The largest absolute Gasteiger partial charge is 0.481 e. The van der Waals surface area contributed by atoms with E-state index in [0.29, 0.717) is 0 Å². The molecule has 1 aromatic heterocycles. The molecule has 0 fully saturated rings. The van der Waals surface area contributed by atoms with Gasteiger partial charge in [0.05, 0.1) is 17.7 Å². The van der Waals surface area contributed by atoms with Crippen molar-refractivity contribution >= 4 is 5.97 Å². The molecule has 0 aliphatic carbocycles. The highest BCUT2D eigenvalue weighted by atomic mass is 19.4. The zero-order chi connectivity index (χ0) is 14.3. The predicted molar refractivity (Wildman–Crippen MR) is 58.3 cm³/mol. The summed E-state index contributed by atoms with van der Waals surface area (Å²) in [5, 5.41) is 12.5. The van der Waals surface area contributed by atoms with Crippen LogP contribution in [0.4, 0.5) is 13.2 Å². The topological polar surface area (TPSA) is 55.1 Å². The van der Waals surface area contributed by atoms with Gasteiger partial charge in [0, 0.05) is 5.56 Å². The molecular formula is C11H15F3N2O2. The van der Waals surface area contributed by atoms with Crippen LogP contribution in [0.1, 0.15) is 44.9 Å². The monoisotopic (exact) mass is 264 g/mol. The molecule has 0 aliphatic heterocycles. The summed E-state index contributed by atoms with van der Waals surface area (Å²) < 4.78 is 39.9. The number of aliphatic carboxylic acids is 1. The lowest BCUT2D eigenvalue weighted by atomic mass is 10.0. The van der Waals surface area contributed by atoms with E-state index in [1.54, 1.807) is 20.8 Å². The molecule has 1 rings (SSSR count). The number of nitrogens with zero attached hydrogens (tertiary/aromatic N) is 2. The minimum absolute atomic E-state index is 0.315. The molecular weight excluding hydrogens is 249 g/mol. The van der Waals surface area contributed by atoms with E-state index in [2.05, 4.69) is 5.10 Å². The zero-order valence-electron chi connectivity index (χ0n) is 10.5. The van der Waals surface area contributed by atoms with Gasteiger partial charge in [-0.15, -0.1) is 0 Å². The third kappa shape index (κ3) is 2.65. The Morgan fingerprint density at radius 3 is 2.22 bits per heavy atom. The fraction of sp³-hybridized carbons (Fsp3) is 0.636. The highest BCUT2D eigenvalue weighted by Gasteiger charge is 2.42. The lowest BCUT2D eigenvalue weighted by molar-refractivity contribution is -0.147. The van der Waals surface area contributed by atoms with E-state index in [9.17, 15) is 18.0 Å². The fourth-order valence-corrected chi connectivity index (χ4v) is 1.60. The molecule has 0 saturated carbocycles. The van der Waals surface area contributed by atoms with Gasteiger partial charge in [-0.25, -0.2) is 0 Å². The molecule has 0 saturated heterocycles. The van der Waals surface area contributed by atoms with E-state index >= 15 is 0 Å². The third-order valence-electron chi connectivity index (χ3n) is 2.54. The zero-order valence-corrected chi connectivity index (χ0v) is 10.5. The van der Waals surface area contributed by atoms with E-state index in [0.717, 1.165) is 10.9 Å². The molecule has 0 aliphatic rings. The van der Waals surface area contributed by atoms with Gasteiger partial charge in [0.1, 0.15) is 5.69 Å². The molecule has 1 atom stereocenters. The molecule has 0 spiro atoms. The minimum Gasteiger partial charge on any atom is -0.481 e. The minimum atomic E-state index is -4.64. The quantitative estimate of drug-likeness (QED) is 0.893. The van der Waals surface area contributed by atoms with Gasteiger partial charge in [0.15, 0.2) is 0 Å². The summed E-state index contributed by atoms with van der Waals surface area (Å²) >= 11 is 0. The summed E-state index contributed by atoms with van der Waals surface area (Å²) in [5.41, 5.74) is -2.18. The third-order valence-corrected chi connectivity index (χ3v) is 2.54. The normalized spacial score (nSPS) is 14.6. The second kappa shape index (κ2) is 4.29. The van der Waals surface area contributed by atoms with Crippen molar-refractivity contribution in [3.05, 3.63) is 17.5 Å². The standard InChI is InChI=1S/C11H15F3N2O2/c1-6(9(17)18)7-5-15-16(10(2,3)4)8(7)11(12,13)14/h5-6H,1-4H3,(H,17,18). The van der Waals surface area contributed by atoms with E-state index in [-0.39, 0.29) is 5.56 Å². The summed E-state index contributed by atoms with van der Waals surface area (Å²) in [4.78, 5) is 10.8. The van der Waals surface area contributed by atoms with Crippen molar-refractivity contribution in [1.29, 1.82) is 0 Å². The Morgan fingerprint density at radius 1 is 1.39 bits per heavy atom. The van der Waals surface area contributed by atoms with Gasteiger partial charge < -0.3 is 5.11 Å². The van der Waals surface area contributed by atoms with Crippen LogP contribution in [0.3, 0.4) is 0 Å². The summed E-state index contributed by atoms with van der Waals surface area (Å²) in [6.07, 6.45) is -3.66. The van der Waals surface area contributed by atoms with Gasteiger partial charge in [-0.2, -0.15) is 18.3 Å². The van der Waals surface area contributed by atoms with Gasteiger partial charge >= 0.3 is 12.1 Å². The van der Waals surface area contributed by atoms with E-state index in [1.165, 1.54) is 6.92 Å². The fourth-order valence-electron chi connectivity index (χ4n) is 1.60. The summed E-state index contributed by atoms with van der Waals surface area (Å²) in [7, 11) is 0. The molecule has 4 nitrogen and oxygen atoms in total. The Morgan fingerprint density at radius 2 is 1.89 bits per heavy atom. The van der Waals surface area contributed by atoms with Crippen molar-refractivity contribution in [3.8, 4) is 0 Å². The van der Waals surface area contributed by atoms with Crippen LogP contribution in [0, 0.1) is 0 Å². The number of hydrogen-bond donors (Lipinski definition) is 1. The average molecular weight is 264 g/mol. The molecule has 1 N–H and O–H groups in total. The first-order valence-corrected chi connectivity index (χ1v) is 5.34. The maximum absolute atomic E-state index is 13.0. The number of rotatable bonds is 2.